The molecule has 1 heterocycles. The SMILES string of the molecule is ClCc1ccnc(Cc2cccc(Br)c2)n1. The highest BCUT2D eigenvalue weighted by Gasteiger charge is 2.01. The van der Waals surface area contributed by atoms with Crippen molar-refractivity contribution in [2.24, 2.45) is 0 Å². The second-order valence-electron chi connectivity index (χ2n) is 3.40. The monoisotopic (exact) mass is 296 g/mol. The van der Waals surface area contributed by atoms with E-state index < -0.39 is 0 Å². The van der Waals surface area contributed by atoms with Crippen molar-refractivity contribution in [2.45, 2.75) is 12.3 Å². The van der Waals surface area contributed by atoms with E-state index in [0.29, 0.717) is 5.88 Å². The molecule has 2 nitrogen and oxygen atoms in total. The van der Waals surface area contributed by atoms with Crippen molar-refractivity contribution in [3.05, 3.63) is 58.1 Å². The van der Waals surface area contributed by atoms with E-state index in [-0.39, 0.29) is 0 Å². The molecule has 0 aliphatic heterocycles. The van der Waals surface area contributed by atoms with E-state index in [0.717, 1.165) is 22.4 Å². The Kier molecular flexibility index (Phi) is 3.91. The summed E-state index contributed by atoms with van der Waals surface area (Å²) in [5, 5.41) is 0. The molecule has 0 bridgehead atoms. The smallest absolute Gasteiger partial charge is 0.132 e. The zero-order valence-corrected chi connectivity index (χ0v) is 10.9. The lowest BCUT2D eigenvalue weighted by Gasteiger charge is -2.02. The topological polar surface area (TPSA) is 25.8 Å². The first-order chi connectivity index (χ1) is 7.78. The van der Waals surface area contributed by atoms with E-state index in [4.69, 9.17) is 11.6 Å². The van der Waals surface area contributed by atoms with E-state index >= 15 is 0 Å². The molecular weight excluding hydrogens is 288 g/mol. The number of hydrogen-bond acceptors (Lipinski definition) is 2. The number of hydrogen-bond donors (Lipinski definition) is 0. The summed E-state index contributed by atoms with van der Waals surface area (Å²) in [4.78, 5) is 8.59. The maximum atomic E-state index is 5.73. The largest absolute Gasteiger partial charge is 0.241 e. The van der Waals surface area contributed by atoms with Crippen molar-refractivity contribution >= 4 is 27.5 Å². The van der Waals surface area contributed by atoms with Gasteiger partial charge in [-0.3, -0.25) is 0 Å². The van der Waals surface area contributed by atoms with Gasteiger partial charge in [-0.2, -0.15) is 0 Å². The summed E-state index contributed by atoms with van der Waals surface area (Å²) in [6.07, 6.45) is 2.47. The molecular formula is C12H10BrClN2. The van der Waals surface area contributed by atoms with Gasteiger partial charge < -0.3 is 0 Å². The molecule has 0 amide bonds. The van der Waals surface area contributed by atoms with Crippen LogP contribution in [0.25, 0.3) is 0 Å². The summed E-state index contributed by atoms with van der Waals surface area (Å²) < 4.78 is 1.07. The van der Waals surface area contributed by atoms with Gasteiger partial charge in [0, 0.05) is 17.1 Å². The van der Waals surface area contributed by atoms with Gasteiger partial charge in [0.1, 0.15) is 5.82 Å². The molecule has 0 aliphatic rings. The van der Waals surface area contributed by atoms with Crippen LogP contribution in [-0.4, -0.2) is 9.97 Å². The summed E-state index contributed by atoms with van der Waals surface area (Å²) in [5.74, 6) is 1.23. The summed E-state index contributed by atoms with van der Waals surface area (Å²) in [6, 6.07) is 9.96. The van der Waals surface area contributed by atoms with Crippen molar-refractivity contribution in [3.8, 4) is 0 Å². The summed E-state index contributed by atoms with van der Waals surface area (Å²) in [7, 11) is 0. The Morgan fingerprint density at radius 3 is 2.88 bits per heavy atom. The molecule has 0 spiro atoms. The minimum absolute atomic E-state index is 0.425. The van der Waals surface area contributed by atoms with Crippen molar-refractivity contribution in [2.75, 3.05) is 0 Å². The number of nitrogens with zero attached hydrogens (tertiary/aromatic N) is 2. The van der Waals surface area contributed by atoms with Gasteiger partial charge in [0.2, 0.25) is 0 Å². The fraction of sp³-hybridized carbons (Fsp3) is 0.167. The van der Waals surface area contributed by atoms with Gasteiger partial charge in [-0.25, -0.2) is 9.97 Å². The number of aromatic nitrogens is 2. The van der Waals surface area contributed by atoms with E-state index in [1.165, 1.54) is 5.56 Å². The van der Waals surface area contributed by atoms with Crippen LogP contribution in [0.4, 0.5) is 0 Å². The highest BCUT2D eigenvalue weighted by Crippen LogP contribution is 2.14. The van der Waals surface area contributed by atoms with Crippen molar-refractivity contribution in [1.29, 1.82) is 0 Å². The normalized spacial score (nSPS) is 10.4. The molecule has 4 heteroatoms. The highest BCUT2D eigenvalue weighted by molar-refractivity contribution is 9.10. The second-order valence-corrected chi connectivity index (χ2v) is 4.59. The standard InChI is InChI=1S/C12H10BrClN2/c13-10-3-1-2-9(6-10)7-12-15-5-4-11(8-14)16-12/h1-6H,7-8H2. The van der Waals surface area contributed by atoms with Crippen LogP contribution in [0.5, 0.6) is 0 Å². The molecule has 0 N–H and O–H groups in total. The van der Waals surface area contributed by atoms with Crippen LogP contribution in [0.15, 0.2) is 41.0 Å². The van der Waals surface area contributed by atoms with Crippen LogP contribution in [-0.2, 0) is 12.3 Å². The quantitative estimate of drug-likeness (QED) is 0.810. The van der Waals surface area contributed by atoms with Gasteiger partial charge in [0.15, 0.2) is 0 Å². The lowest BCUT2D eigenvalue weighted by Crippen LogP contribution is -1.98. The third-order valence-electron chi connectivity index (χ3n) is 2.15. The van der Waals surface area contributed by atoms with Crippen LogP contribution in [0.3, 0.4) is 0 Å². The molecule has 2 aromatic rings. The molecule has 2 rings (SSSR count). The van der Waals surface area contributed by atoms with Gasteiger partial charge in [0.25, 0.3) is 0 Å². The lowest BCUT2D eigenvalue weighted by atomic mass is 10.1. The van der Waals surface area contributed by atoms with E-state index in [9.17, 15) is 0 Å². The molecule has 0 aliphatic carbocycles. The van der Waals surface area contributed by atoms with E-state index in [2.05, 4.69) is 38.0 Å². The Bertz CT molecular complexity index is 488. The zero-order chi connectivity index (χ0) is 11.4. The second kappa shape index (κ2) is 5.41. The molecule has 0 unspecified atom stereocenters. The predicted molar refractivity (Wildman–Crippen MR) is 68.5 cm³/mol. The molecule has 0 saturated carbocycles. The average Bonchev–Trinajstić information content (AvgIpc) is 2.29. The molecule has 0 radical (unpaired) electrons. The van der Waals surface area contributed by atoms with Gasteiger partial charge in [-0.1, -0.05) is 28.1 Å². The van der Waals surface area contributed by atoms with Crippen molar-refractivity contribution in [3.63, 3.8) is 0 Å². The zero-order valence-electron chi connectivity index (χ0n) is 8.53. The van der Waals surface area contributed by atoms with Crippen molar-refractivity contribution in [1.82, 2.24) is 9.97 Å². The van der Waals surface area contributed by atoms with Gasteiger partial charge in [-0.05, 0) is 23.8 Å². The summed E-state index contributed by atoms with van der Waals surface area (Å²) in [5.41, 5.74) is 2.04. The maximum absolute atomic E-state index is 5.73. The maximum Gasteiger partial charge on any atom is 0.132 e. The van der Waals surface area contributed by atoms with Crippen LogP contribution in [0.2, 0.25) is 0 Å². The third-order valence-corrected chi connectivity index (χ3v) is 2.92. The van der Waals surface area contributed by atoms with Gasteiger partial charge in [-0.15, -0.1) is 11.6 Å². The first-order valence-electron chi connectivity index (χ1n) is 4.89. The van der Waals surface area contributed by atoms with Crippen LogP contribution in [0.1, 0.15) is 17.1 Å². The molecule has 1 aromatic carbocycles. The molecule has 0 atom stereocenters. The Morgan fingerprint density at radius 1 is 1.25 bits per heavy atom. The first-order valence-corrected chi connectivity index (χ1v) is 6.22. The number of halogens is 2. The molecule has 16 heavy (non-hydrogen) atoms. The number of rotatable bonds is 3. The third kappa shape index (κ3) is 3.03. The number of alkyl halides is 1. The van der Waals surface area contributed by atoms with Gasteiger partial charge in [0.05, 0.1) is 11.6 Å². The Morgan fingerprint density at radius 2 is 2.12 bits per heavy atom. The summed E-state index contributed by atoms with van der Waals surface area (Å²) in [6.45, 7) is 0. The average molecular weight is 298 g/mol. The molecule has 0 saturated heterocycles. The summed E-state index contributed by atoms with van der Waals surface area (Å²) >= 11 is 9.17. The predicted octanol–water partition coefficient (Wildman–Crippen LogP) is 3.57. The Balaban J connectivity index is 2.20. The van der Waals surface area contributed by atoms with E-state index in [1.54, 1.807) is 6.20 Å². The fourth-order valence-electron chi connectivity index (χ4n) is 1.43. The van der Waals surface area contributed by atoms with E-state index in [1.807, 2.05) is 18.2 Å². The van der Waals surface area contributed by atoms with Crippen molar-refractivity contribution < 1.29 is 0 Å². The van der Waals surface area contributed by atoms with Gasteiger partial charge >= 0.3 is 0 Å². The minimum Gasteiger partial charge on any atom is -0.241 e. The first kappa shape index (κ1) is 11.6. The fourth-order valence-corrected chi connectivity index (χ4v) is 2.03. The van der Waals surface area contributed by atoms with Crippen LogP contribution < -0.4 is 0 Å². The Hall–Kier alpha value is -0.930. The highest BCUT2D eigenvalue weighted by atomic mass is 79.9. The minimum atomic E-state index is 0.425. The van der Waals surface area contributed by atoms with Crippen LogP contribution >= 0.6 is 27.5 Å². The number of benzene rings is 1. The lowest BCUT2D eigenvalue weighted by molar-refractivity contribution is 0.935. The molecule has 82 valence electrons. The molecule has 1 aromatic heterocycles. The Labute approximate surface area is 108 Å². The van der Waals surface area contributed by atoms with Crippen LogP contribution in [0, 0.1) is 0 Å². The molecule has 0 fully saturated rings.